The van der Waals surface area contributed by atoms with Gasteiger partial charge in [-0.25, -0.2) is 9.59 Å². The number of nitrogens with one attached hydrogen (secondary N) is 1. The second-order valence-electron chi connectivity index (χ2n) is 11.0. The van der Waals surface area contributed by atoms with E-state index in [0.29, 0.717) is 6.42 Å². The highest BCUT2D eigenvalue weighted by atomic mass is 19.4. The van der Waals surface area contributed by atoms with Gasteiger partial charge in [-0.15, -0.1) is 0 Å². The topological polar surface area (TPSA) is 82.9 Å². The fourth-order valence-corrected chi connectivity index (χ4v) is 3.81. The molecular weight excluding hydrogens is 487 g/mol. The molecule has 200 valence electrons. The fraction of sp³-hybridized carbons (Fsp3) is 0.444. The van der Waals surface area contributed by atoms with E-state index in [4.69, 9.17) is 10.1 Å². The number of amides is 1. The summed E-state index contributed by atoms with van der Waals surface area (Å²) in [5, 5.41) is 8.38. The first-order chi connectivity index (χ1) is 17.0. The Morgan fingerprint density at radius 1 is 0.919 bits per heavy atom. The third kappa shape index (κ3) is 7.02. The standard InChI is InChI=1S/C27H32F3N3O4/c1-25(2,3)21-11-9-17(10-12-21)19-8-7-18-13-14-32(16-20(18)15-19)23(31)33(24(35)36-26(4,5)6)37-22(34)27(28,29)30/h7-12,15,31H,13-14,16H2,1-6H3. The zero-order chi connectivity index (χ0) is 27.8. The van der Waals surface area contributed by atoms with Gasteiger partial charge < -0.3 is 14.5 Å². The number of ether oxygens (including phenoxy) is 1. The highest BCUT2D eigenvalue weighted by molar-refractivity contribution is 5.93. The Labute approximate surface area is 214 Å². The maximum Gasteiger partial charge on any atom is 0.493 e. The monoisotopic (exact) mass is 519 g/mol. The van der Waals surface area contributed by atoms with Gasteiger partial charge in [-0.05, 0) is 66.5 Å². The number of alkyl halides is 3. The molecule has 7 nitrogen and oxygen atoms in total. The number of halogens is 3. The van der Waals surface area contributed by atoms with Crippen molar-refractivity contribution in [1.29, 1.82) is 5.41 Å². The lowest BCUT2D eigenvalue weighted by molar-refractivity contribution is -0.223. The van der Waals surface area contributed by atoms with Crippen molar-refractivity contribution in [2.24, 2.45) is 0 Å². The van der Waals surface area contributed by atoms with Gasteiger partial charge in [-0.2, -0.15) is 13.2 Å². The summed E-state index contributed by atoms with van der Waals surface area (Å²) < 4.78 is 43.7. The lowest BCUT2D eigenvalue weighted by atomic mass is 9.86. The molecule has 2 aromatic carbocycles. The van der Waals surface area contributed by atoms with Crippen LogP contribution in [-0.2, 0) is 32.7 Å². The van der Waals surface area contributed by atoms with Gasteiger partial charge in [0.25, 0.3) is 0 Å². The van der Waals surface area contributed by atoms with Crippen LogP contribution in [-0.4, -0.2) is 46.3 Å². The summed E-state index contributed by atoms with van der Waals surface area (Å²) in [7, 11) is 0. The van der Waals surface area contributed by atoms with E-state index < -0.39 is 29.8 Å². The molecule has 0 aromatic heterocycles. The maximum atomic E-state index is 12.9. The zero-order valence-corrected chi connectivity index (χ0v) is 21.8. The van der Waals surface area contributed by atoms with Crippen molar-refractivity contribution >= 4 is 18.0 Å². The molecule has 37 heavy (non-hydrogen) atoms. The van der Waals surface area contributed by atoms with Crippen molar-refractivity contribution in [3.05, 3.63) is 59.2 Å². The van der Waals surface area contributed by atoms with Crippen LogP contribution in [0.15, 0.2) is 42.5 Å². The van der Waals surface area contributed by atoms with Crippen molar-refractivity contribution in [3.63, 3.8) is 0 Å². The van der Waals surface area contributed by atoms with E-state index >= 15 is 0 Å². The molecule has 0 saturated carbocycles. The van der Waals surface area contributed by atoms with Crippen LogP contribution in [0.1, 0.15) is 58.2 Å². The number of rotatable bonds is 1. The molecule has 0 unspecified atom stereocenters. The van der Waals surface area contributed by atoms with Gasteiger partial charge in [-0.1, -0.05) is 62.2 Å². The Hall–Kier alpha value is -3.56. The fourth-order valence-electron chi connectivity index (χ4n) is 3.81. The molecule has 1 amide bonds. The van der Waals surface area contributed by atoms with Gasteiger partial charge in [0, 0.05) is 13.1 Å². The predicted molar refractivity (Wildman–Crippen MR) is 133 cm³/mol. The summed E-state index contributed by atoms with van der Waals surface area (Å²) in [6.45, 7) is 11.3. The van der Waals surface area contributed by atoms with Gasteiger partial charge in [0.05, 0.1) is 0 Å². The van der Waals surface area contributed by atoms with Gasteiger partial charge in [0.1, 0.15) is 5.60 Å². The van der Waals surface area contributed by atoms with Crippen molar-refractivity contribution in [2.75, 3.05) is 6.54 Å². The lowest BCUT2D eigenvalue weighted by Gasteiger charge is -2.34. The number of guanidine groups is 1. The molecule has 10 heteroatoms. The number of carbonyl (C=O) groups excluding carboxylic acids is 2. The van der Waals surface area contributed by atoms with Crippen molar-refractivity contribution in [1.82, 2.24) is 9.96 Å². The SMILES string of the molecule is CC(C)(C)OC(=O)N(OC(=O)C(F)(F)F)C(=N)N1CCc2ccc(-c3ccc(C(C)(C)C)cc3)cc2C1. The average Bonchev–Trinajstić information content (AvgIpc) is 2.79. The Kier molecular flexibility index (Phi) is 7.62. The summed E-state index contributed by atoms with van der Waals surface area (Å²) in [5.41, 5.74) is 3.94. The first-order valence-corrected chi connectivity index (χ1v) is 11.8. The lowest BCUT2D eigenvalue weighted by Crippen LogP contribution is -2.51. The summed E-state index contributed by atoms with van der Waals surface area (Å²) in [5.74, 6) is -3.35. The van der Waals surface area contributed by atoms with Gasteiger partial charge in [0.15, 0.2) is 0 Å². The first kappa shape index (κ1) is 28.0. The third-order valence-corrected chi connectivity index (χ3v) is 5.76. The number of carbonyl (C=O) groups is 2. The second-order valence-corrected chi connectivity index (χ2v) is 11.0. The van der Waals surface area contributed by atoms with Crippen LogP contribution >= 0.6 is 0 Å². The maximum absolute atomic E-state index is 12.9. The van der Waals surface area contributed by atoms with Crippen LogP contribution in [0, 0.1) is 5.41 Å². The quantitative estimate of drug-likeness (QED) is 0.276. The first-order valence-electron chi connectivity index (χ1n) is 11.8. The van der Waals surface area contributed by atoms with Crippen LogP contribution in [0.4, 0.5) is 18.0 Å². The van der Waals surface area contributed by atoms with E-state index in [1.807, 2.05) is 30.3 Å². The van der Waals surface area contributed by atoms with Crippen LogP contribution in [0.2, 0.25) is 0 Å². The largest absolute Gasteiger partial charge is 0.493 e. The summed E-state index contributed by atoms with van der Waals surface area (Å²) in [6.07, 6.45) is -6.27. The summed E-state index contributed by atoms with van der Waals surface area (Å²) in [4.78, 5) is 29.7. The van der Waals surface area contributed by atoms with E-state index in [-0.39, 0.29) is 23.6 Å². The molecule has 0 aliphatic carbocycles. The molecular formula is C27H32F3N3O4. The molecule has 0 atom stereocenters. The molecule has 3 rings (SSSR count). The van der Waals surface area contributed by atoms with Gasteiger partial charge in [0.2, 0.25) is 5.96 Å². The van der Waals surface area contributed by atoms with E-state index in [0.717, 1.165) is 22.3 Å². The second kappa shape index (κ2) is 10.1. The molecule has 0 bridgehead atoms. The van der Waals surface area contributed by atoms with Crippen molar-refractivity contribution in [3.8, 4) is 11.1 Å². The number of hydrogen-bond acceptors (Lipinski definition) is 5. The Bertz CT molecular complexity index is 1180. The molecule has 0 saturated heterocycles. The predicted octanol–water partition coefficient (Wildman–Crippen LogP) is 6.20. The van der Waals surface area contributed by atoms with Crippen LogP contribution in [0.5, 0.6) is 0 Å². The zero-order valence-electron chi connectivity index (χ0n) is 21.8. The van der Waals surface area contributed by atoms with Crippen LogP contribution < -0.4 is 0 Å². The Morgan fingerprint density at radius 2 is 1.51 bits per heavy atom. The van der Waals surface area contributed by atoms with Crippen molar-refractivity contribution in [2.45, 2.75) is 71.7 Å². The highest BCUT2D eigenvalue weighted by Crippen LogP contribution is 2.30. The van der Waals surface area contributed by atoms with E-state index in [1.54, 1.807) is 0 Å². The van der Waals surface area contributed by atoms with Gasteiger partial charge >= 0.3 is 18.2 Å². The Balaban J connectivity index is 1.85. The molecule has 1 N–H and O–H groups in total. The minimum atomic E-state index is -5.35. The number of fused-ring (bicyclic) bond motifs is 1. The molecule has 1 aliphatic rings. The number of hydrogen-bond donors (Lipinski definition) is 1. The minimum Gasteiger partial charge on any atom is -0.441 e. The molecule has 0 spiro atoms. The summed E-state index contributed by atoms with van der Waals surface area (Å²) >= 11 is 0. The molecule has 1 aliphatic heterocycles. The van der Waals surface area contributed by atoms with E-state index in [1.165, 1.54) is 31.2 Å². The number of benzene rings is 2. The normalized spacial score (nSPS) is 14.0. The minimum absolute atomic E-state index is 0.0187. The van der Waals surface area contributed by atoms with Crippen LogP contribution in [0.3, 0.4) is 0 Å². The Morgan fingerprint density at radius 3 is 2.05 bits per heavy atom. The van der Waals surface area contributed by atoms with Crippen LogP contribution in [0.25, 0.3) is 11.1 Å². The van der Waals surface area contributed by atoms with Crippen molar-refractivity contribution < 1.29 is 32.3 Å². The number of nitrogens with zero attached hydrogens (tertiary/aromatic N) is 2. The smallest absolute Gasteiger partial charge is 0.441 e. The van der Waals surface area contributed by atoms with E-state index in [9.17, 15) is 22.8 Å². The molecule has 2 aromatic rings. The van der Waals surface area contributed by atoms with E-state index in [2.05, 4.69) is 37.7 Å². The summed E-state index contributed by atoms with van der Waals surface area (Å²) in [6, 6.07) is 14.2. The average molecular weight is 520 g/mol. The molecule has 0 fully saturated rings. The highest BCUT2D eigenvalue weighted by Gasteiger charge is 2.45. The molecule has 1 heterocycles. The third-order valence-electron chi connectivity index (χ3n) is 5.76. The molecule has 0 radical (unpaired) electrons. The number of hydroxylamine groups is 2. The van der Waals surface area contributed by atoms with Gasteiger partial charge in [-0.3, -0.25) is 5.41 Å².